The Labute approximate surface area is 125 Å². The van der Waals surface area contributed by atoms with E-state index in [1.807, 2.05) is 24.5 Å². The van der Waals surface area contributed by atoms with Crippen molar-refractivity contribution < 1.29 is 9.59 Å². The highest BCUT2D eigenvalue weighted by Gasteiger charge is 2.34. The third-order valence-corrected chi connectivity index (χ3v) is 3.60. The fourth-order valence-corrected chi connectivity index (χ4v) is 2.43. The van der Waals surface area contributed by atoms with E-state index in [-0.39, 0.29) is 18.2 Å². The summed E-state index contributed by atoms with van der Waals surface area (Å²) in [5, 5.41) is 10.2. The van der Waals surface area contributed by atoms with Gasteiger partial charge in [-0.25, -0.2) is 4.68 Å². The van der Waals surface area contributed by atoms with E-state index >= 15 is 0 Å². The van der Waals surface area contributed by atoms with Gasteiger partial charge in [-0.05, 0) is 18.4 Å². The Kier molecular flexibility index (Phi) is 3.61. The first-order valence-corrected chi connectivity index (χ1v) is 7.56. The summed E-state index contributed by atoms with van der Waals surface area (Å²) in [6.45, 7) is 0. The number of hydrogen-bond donors (Lipinski definition) is 2. The van der Waals surface area contributed by atoms with Gasteiger partial charge in [-0.2, -0.15) is 4.98 Å². The summed E-state index contributed by atoms with van der Waals surface area (Å²) in [6.07, 6.45) is 1.87. The summed E-state index contributed by atoms with van der Waals surface area (Å²) in [7, 11) is 0. The number of anilines is 2. The van der Waals surface area contributed by atoms with Crippen LogP contribution in [0.1, 0.15) is 12.5 Å². The standard InChI is InChI=1S/C13H13N5O2S/c1-21-13-16-12-15-11(20)9(18(12)17-13)7-10(19)14-8-5-3-2-4-6-8/h2-6,9H,7H2,1H3,(H,14,19)(H,15,16,17,20)/t9-/m0/s1. The molecule has 1 aromatic carbocycles. The van der Waals surface area contributed by atoms with Crippen LogP contribution < -0.4 is 10.6 Å². The number of aromatic nitrogens is 3. The number of fused-ring (bicyclic) bond motifs is 1. The van der Waals surface area contributed by atoms with Crippen LogP contribution >= 0.6 is 11.8 Å². The van der Waals surface area contributed by atoms with Crippen LogP contribution in [-0.2, 0) is 9.59 Å². The van der Waals surface area contributed by atoms with Crippen molar-refractivity contribution in [2.75, 3.05) is 16.9 Å². The Balaban J connectivity index is 1.71. The zero-order valence-corrected chi connectivity index (χ0v) is 12.1. The van der Waals surface area contributed by atoms with Gasteiger partial charge in [0, 0.05) is 5.69 Å². The van der Waals surface area contributed by atoms with E-state index < -0.39 is 6.04 Å². The van der Waals surface area contributed by atoms with Gasteiger partial charge in [-0.3, -0.25) is 14.9 Å². The number of benzene rings is 1. The Morgan fingerprint density at radius 1 is 1.43 bits per heavy atom. The van der Waals surface area contributed by atoms with Crippen LogP contribution in [0.5, 0.6) is 0 Å². The zero-order chi connectivity index (χ0) is 14.8. The highest BCUT2D eigenvalue weighted by molar-refractivity contribution is 7.98. The number of hydrogen-bond acceptors (Lipinski definition) is 5. The second-order valence-electron chi connectivity index (χ2n) is 4.49. The summed E-state index contributed by atoms with van der Waals surface area (Å²) in [5.41, 5.74) is 0.699. The molecule has 1 aliphatic heterocycles. The Morgan fingerprint density at radius 2 is 2.19 bits per heavy atom. The average molecular weight is 303 g/mol. The molecule has 2 aromatic rings. The molecular weight excluding hydrogens is 290 g/mol. The van der Waals surface area contributed by atoms with Crippen molar-refractivity contribution in [2.45, 2.75) is 17.6 Å². The van der Waals surface area contributed by atoms with E-state index in [9.17, 15) is 9.59 Å². The summed E-state index contributed by atoms with van der Waals surface area (Å²) in [4.78, 5) is 28.1. The molecule has 0 saturated heterocycles. The van der Waals surface area contributed by atoms with Gasteiger partial charge in [0.25, 0.3) is 5.91 Å². The van der Waals surface area contributed by atoms with E-state index in [1.165, 1.54) is 16.4 Å². The summed E-state index contributed by atoms with van der Waals surface area (Å²) in [5.74, 6) is -0.113. The molecule has 108 valence electrons. The molecule has 0 aliphatic carbocycles. The predicted molar refractivity (Wildman–Crippen MR) is 79.2 cm³/mol. The number of carbonyl (C=O) groups excluding carboxylic acids is 2. The van der Waals surface area contributed by atoms with Gasteiger partial charge in [-0.1, -0.05) is 30.0 Å². The molecule has 1 atom stereocenters. The topological polar surface area (TPSA) is 88.9 Å². The predicted octanol–water partition coefficient (Wildman–Crippen LogP) is 1.52. The molecule has 2 amide bonds. The van der Waals surface area contributed by atoms with Crippen LogP contribution in [0.15, 0.2) is 35.5 Å². The molecule has 8 heteroatoms. The van der Waals surface area contributed by atoms with Crippen LogP contribution in [0.3, 0.4) is 0 Å². The molecular formula is C13H13N5O2S. The van der Waals surface area contributed by atoms with Crippen molar-refractivity contribution >= 4 is 35.2 Å². The maximum atomic E-state index is 12.0. The van der Waals surface area contributed by atoms with Crippen molar-refractivity contribution in [1.29, 1.82) is 0 Å². The van der Waals surface area contributed by atoms with Gasteiger partial charge in [0.2, 0.25) is 17.0 Å². The molecule has 0 bridgehead atoms. The molecule has 0 radical (unpaired) electrons. The van der Waals surface area contributed by atoms with Gasteiger partial charge in [-0.15, -0.1) is 5.10 Å². The summed E-state index contributed by atoms with van der Waals surface area (Å²) in [6, 6.07) is 8.46. The Hall–Kier alpha value is -2.35. The minimum absolute atomic E-state index is 0.0188. The van der Waals surface area contributed by atoms with Gasteiger partial charge in [0.1, 0.15) is 6.04 Å². The van der Waals surface area contributed by atoms with Gasteiger partial charge < -0.3 is 5.32 Å². The zero-order valence-electron chi connectivity index (χ0n) is 11.2. The van der Waals surface area contributed by atoms with Crippen molar-refractivity contribution in [1.82, 2.24) is 14.8 Å². The lowest BCUT2D eigenvalue weighted by molar-refractivity contribution is -0.123. The lowest BCUT2D eigenvalue weighted by Crippen LogP contribution is -2.23. The molecule has 1 aliphatic rings. The molecule has 7 nitrogen and oxygen atoms in total. The highest BCUT2D eigenvalue weighted by atomic mass is 32.2. The second kappa shape index (κ2) is 5.57. The number of nitrogens with one attached hydrogen (secondary N) is 2. The van der Waals surface area contributed by atoms with Gasteiger partial charge in [0.05, 0.1) is 6.42 Å². The number of para-hydroxylation sites is 1. The van der Waals surface area contributed by atoms with E-state index in [1.54, 1.807) is 12.1 Å². The fraction of sp³-hybridized carbons (Fsp3) is 0.231. The quantitative estimate of drug-likeness (QED) is 0.836. The van der Waals surface area contributed by atoms with Gasteiger partial charge in [0.15, 0.2) is 0 Å². The van der Waals surface area contributed by atoms with E-state index in [0.29, 0.717) is 16.8 Å². The molecule has 1 aromatic heterocycles. The number of rotatable bonds is 4. The molecule has 3 rings (SSSR count). The van der Waals surface area contributed by atoms with Crippen LogP contribution in [0.2, 0.25) is 0 Å². The number of amides is 2. The van der Waals surface area contributed by atoms with Crippen molar-refractivity contribution in [2.24, 2.45) is 0 Å². The maximum absolute atomic E-state index is 12.0. The fourth-order valence-electron chi connectivity index (χ4n) is 2.09. The number of carbonyl (C=O) groups is 2. The lowest BCUT2D eigenvalue weighted by atomic mass is 10.2. The maximum Gasteiger partial charge on any atom is 0.252 e. The number of thioether (sulfide) groups is 1. The SMILES string of the molecule is CSc1nc2n(n1)[C@@H](CC(=O)Nc1ccccc1)C(=O)N2. The molecule has 0 fully saturated rings. The first-order chi connectivity index (χ1) is 10.2. The lowest BCUT2D eigenvalue weighted by Gasteiger charge is -2.09. The Bertz CT molecular complexity index is 685. The van der Waals surface area contributed by atoms with Crippen LogP contribution in [0.25, 0.3) is 0 Å². The van der Waals surface area contributed by atoms with Crippen molar-refractivity contribution in [3.63, 3.8) is 0 Å². The molecule has 0 spiro atoms. The number of nitrogens with zero attached hydrogens (tertiary/aromatic N) is 3. The highest BCUT2D eigenvalue weighted by Crippen LogP contribution is 2.27. The summed E-state index contributed by atoms with van der Waals surface area (Å²) < 4.78 is 1.47. The minimum atomic E-state index is -0.655. The third-order valence-electron chi connectivity index (χ3n) is 3.06. The average Bonchev–Trinajstić information content (AvgIpc) is 2.99. The van der Waals surface area contributed by atoms with E-state index in [0.717, 1.165) is 0 Å². The monoisotopic (exact) mass is 303 g/mol. The molecule has 21 heavy (non-hydrogen) atoms. The molecule has 0 unspecified atom stereocenters. The largest absolute Gasteiger partial charge is 0.326 e. The smallest absolute Gasteiger partial charge is 0.252 e. The van der Waals surface area contributed by atoms with E-state index in [2.05, 4.69) is 20.7 Å². The second-order valence-corrected chi connectivity index (χ2v) is 5.26. The molecule has 0 saturated carbocycles. The van der Waals surface area contributed by atoms with Gasteiger partial charge >= 0.3 is 0 Å². The third kappa shape index (κ3) is 2.75. The van der Waals surface area contributed by atoms with Crippen molar-refractivity contribution in [3.8, 4) is 0 Å². The molecule has 2 N–H and O–H groups in total. The summed E-state index contributed by atoms with van der Waals surface area (Å²) >= 11 is 1.38. The Morgan fingerprint density at radius 3 is 2.90 bits per heavy atom. The van der Waals surface area contributed by atoms with Crippen LogP contribution in [0.4, 0.5) is 11.6 Å². The first-order valence-electron chi connectivity index (χ1n) is 6.33. The minimum Gasteiger partial charge on any atom is -0.326 e. The molecule has 2 heterocycles. The van der Waals surface area contributed by atoms with Crippen LogP contribution in [0, 0.1) is 0 Å². The van der Waals surface area contributed by atoms with E-state index in [4.69, 9.17) is 0 Å². The van der Waals surface area contributed by atoms with Crippen LogP contribution in [-0.4, -0.2) is 32.8 Å². The first kappa shape index (κ1) is 13.6. The van der Waals surface area contributed by atoms with Crippen molar-refractivity contribution in [3.05, 3.63) is 30.3 Å². The normalized spacial score (nSPS) is 16.4.